The Balaban J connectivity index is 1.51. The first kappa shape index (κ1) is 30.4. The molecule has 0 aliphatic carbocycles. The van der Waals surface area contributed by atoms with Crippen LogP contribution in [0.5, 0.6) is 0 Å². The van der Waals surface area contributed by atoms with Crippen LogP contribution < -0.4 is 16.1 Å². The minimum atomic E-state index is -1.22. The van der Waals surface area contributed by atoms with Crippen LogP contribution in [-0.4, -0.2) is 72.5 Å². The van der Waals surface area contributed by atoms with E-state index in [0.717, 1.165) is 38.4 Å². The smallest absolute Gasteiger partial charge is 0.407 e. The van der Waals surface area contributed by atoms with Gasteiger partial charge < -0.3 is 20.1 Å². The molecule has 212 valence electrons. The molecule has 0 spiro atoms. The minimum Gasteiger partial charge on any atom is -0.444 e. The lowest BCUT2D eigenvalue weighted by molar-refractivity contribution is -0.131. The van der Waals surface area contributed by atoms with Crippen LogP contribution in [0, 0.1) is 11.8 Å². The first-order valence-corrected chi connectivity index (χ1v) is 13.0. The van der Waals surface area contributed by atoms with Crippen LogP contribution in [0.3, 0.4) is 0 Å². The van der Waals surface area contributed by atoms with E-state index in [4.69, 9.17) is 14.7 Å². The zero-order valence-electron chi connectivity index (χ0n) is 23.0. The predicted octanol–water partition coefficient (Wildman–Crippen LogP) is 2.71. The predicted molar refractivity (Wildman–Crippen MR) is 150 cm³/mol. The number of hydrogen-bond donors (Lipinski definition) is 4. The van der Waals surface area contributed by atoms with Crippen LogP contribution in [0.2, 0.25) is 0 Å². The molecule has 10 heteroatoms. The van der Waals surface area contributed by atoms with Crippen molar-refractivity contribution in [2.45, 2.75) is 39.0 Å². The SMILES string of the molecule is CC(C)(C)OC(=O)NC[C@H](NC(=O)c1ccc(C#C/C=C\c2ccc(CN3CCOCC3)cc2)cc1)C(=O)NO. The van der Waals surface area contributed by atoms with Crippen molar-refractivity contribution in [3.8, 4) is 11.8 Å². The van der Waals surface area contributed by atoms with E-state index in [-0.39, 0.29) is 12.1 Å². The summed E-state index contributed by atoms with van der Waals surface area (Å²) < 4.78 is 10.5. The van der Waals surface area contributed by atoms with Crippen molar-refractivity contribution in [3.63, 3.8) is 0 Å². The van der Waals surface area contributed by atoms with E-state index in [1.165, 1.54) is 11.0 Å². The Morgan fingerprint density at radius 2 is 1.75 bits per heavy atom. The van der Waals surface area contributed by atoms with Crippen molar-refractivity contribution < 1.29 is 29.1 Å². The largest absolute Gasteiger partial charge is 0.444 e. The van der Waals surface area contributed by atoms with Gasteiger partial charge in [-0.25, -0.2) is 10.3 Å². The highest BCUT2D eigenvalue weighted by molar-refractivity contribution is 5.97. The maximum Gasteiger partial charge on any atom is 0.407 e. The molecule has 0 unspecified atom stereocenters. The zero-order valence-corrected chi connectivity index (χ0v) is 23.0. The Morgan fingerprint density at radius 3 is 2.38 bits per heavy atom. The second kappa shape index (κ2) is 14.8. The summed E-state index contributed by atoms with van der Waals surface area (Å²) in [5.74, 6) is 4.57. The Hall–Kier alpha value is -4.17. The third-order valence-electron chi connectivity index (χ3n) is 5.79. The van der Waals surface area contributed by atoms with E-state index in [1.807, 2.05) is 6.08 Å². The fourth-order valence-electron chi connectivity index (χ4n) is 3.75. The molecule has 1 atom stereocenters. The number of benzene rings is 2. The molecule has 1 aliphatic rings. The number of morpholine rings is 1. The molecule has 1 heterocycles. The highest BCUT2D eigenvalue weighted by atomic mass is 16.6. The molecule has 40 heavy (non-hydrogen) atoms. The summed E-state index contributed by atoms with van der Waals surface area (Å²) in [5, 5.41) is 13.9. The topological polar surface area (TPSA) is 129 Å². The van der Waals surface area contributed by atoms with Crippen molar-refractivity contribution in [3.05, 3.63) is 76.9 Å². The van der Waals surface area contributed by atoms with Crippen molar-refractivity contribution >= 4 is 24.0 Å². The molecule has 0 aromatic heterocycles. The van der Waals surface area contributed by atoms with Crippen LogP contribution in [0.4, 0.5) is 4.79 Å². The molecule has 1 aliphatic heterocycles. The summed E-state index contributed by atoms with van der Waals surface area (Å²) >= 11 is 0. The van der Waals surface area contributed by atoms with Gasteiger partial charge in [0.1, 0.15) is 11.6 Å². The van der Waals surface area contributed by atoms with E-state index >= 15 is 0 Å². The molecule has 3 rings (SSSR count). The normalized spacial score (nSPS) is 14.5. The second-order valence-corrected chi connectivity index (χ2v) is 10.2. The molecule has 3 amide bonds. The number of ether oxygens (including phenoxy) is 2. The van der Waals surface area contributed by atoms with Gasteiger partial charge in [-0.1, -0.05) is 36.1 Å². The number of hydroxylamine groups is 1. The Kier molecular flexibility index (Phi) is 11.3. The highest BCUT2D eigenvalue weighted by Gasteiger charge is 2.23. The monoisotopic (exact) mass is 548 g/mol. The van der Waals surface area contributed by atoms with Gasteiger partial charge in [0.2, 0.25) is 0 Å². The highest BCUT2D eigenvalue weighted by Crippen LogP contribution is 2.11. The van der Waals surface area contributed by atoms with Gasteiger partial charge in [0, 0.05) is 30.8 Å². The lowest BCUT2D eigenvalue weighted by Crippen LogP contribution is -2.52. The fraction of sp³-hybridized carbons (Fsp3) is 0.367. The van der Waals surface area contributed by atoms with E-state index < -0.39 is 29.6 Å². The quantitative estimate of drug-likeness (QED) is 0.227. The van der Waals surface area contributed by atoms with Crippen LogP contribution in [0.15, 0.2) is 54.6 Å². The van der Waals surface area contributed by atoms with Gasteiger partial charge in [0.15, 0.2) is 0 Å². The molecule has 1 fully saturated rings. The average Bonchev–Trinajstić information content (AvgIpc) is 2.93. The first-order chi connectivity index (χ1) is 19.1. The van der Waals surface area contributed by atoms with Crippen LogP contribution in [0.25, 0.3) is 6.08 Å². The number of hydrogen-bond acceptors (Lipinski definition) is 7. The molecule has 2 aromatic carbocycles. The number of nitrogens with zero attached hydrogens (tertiary/aromatic N) is 1. The van der Waals surface area contributed by atoms with E-state index in [2.05, 4.69) is 51.6 Å². The third-order valence-corrected chi connectivity index (χ3v) is 5.79. The third kappa shape index (κ3) is 10.5. The molecule has 0 bridgehead atoms. The Morgan fingerprint density at radius 1 is 1.07 bits per heavy atom. The molecule has 1 saturated heterocycles. The van der Waals surface area contributed by atoms with Gasteiger partial charge in [0.25, 0.3) is 11.8 Å². The van der Waals surface area contributed by atoms with Gasteiger partial charge in [-0.05, 0) is 68.3 Å². The van der Waals surface area contributed by atoms with E-state index in [0.29, 0.717) is 5.56 Å². The van der Waals surface area contributed by atoms with Gasteiger partial charge >= 0.3 is 6.09 Å². The average molecular weight is 549 g/mol. The molecular weight excluding hydrogens is 512 g/mol. The van der Waals surface area contributed by atoms with Crippen LogP contribution in [-0.2, 0) is 20.8 Å². The Bertz CT molecular complexity index is 1230. The molecule has 10 nitrogen and oxygen atoms in total. The van der Waals surface area contributed by atoms with Gasteiger partial charge in [0.05, 0.1) is 19.8 Å². The zero-order chi connectivity index (χ0) is 29.0. The summed E-state index contributed by atoms with van der Waals surface area (Å²) in [6.45, 7) is 9.21. The minimum absolute atomic E-state index is 0.278. The number of alkyl carbamates (subject to hydrolysis) is 1. The lowest BCUT2D eigenvalue weighted by Gasteiger charge is -2.26. The number of nitrogens with one attached hydrogen (secondary N) is 3. The van der Waals surface area contributed by atoms with Gasteiger partial charge in [-0.3, -0.25) is 19.7 Å². The van der Waals surface area contributed by atoms with Gasteiger partial charge in [-0.2, -0.15) is 0 Å². The maximum absolute atomic E-state index is 12.6. The molecular formula is C30H36N4O6. The van der Waals surface area contributed by atoms with E-state index in [9.17, 15) is 14.4 Å². The molecule has 0 saturated carbocycles. The summed E-state index contributed by atoms with van der Waals surface area (Å²) in [6.07, 6.45) is 2.95. The second-order valence-electron chi connectivity index (χ2n) is 10.2. The number of amides is 3. The molecule has 0 radical (unpaired) electrons. The maximum atomic E-state index is 12.6. The summed E-state index contributed by atoms with van der Waals surface area (Å²) in [5.41, 5.74) is 4.06. The van der Waals surface area contributed by atoms with Crippen LogP contribution in [0.1, 0.15) is 47.8 Å². The number of rotatable bonds is 8. The van der Waals surface area contributed by atoms with Crippen molar-refractivity contribution in [1.82, 2.24) is 21.0 Å². The first-order valence-electron chi connectivity index (χ1n) is 13.0. The summed E-state index contributed by atoms with van der Waals surface area (Å²) in [4.78, 5) is 38.9. The molecule has 4 N–H and O–H groups in total. The van der Waals surface area contributed by atoms with Crippen molar-refractivity contribution in [2.75, 3.05) is 32.8 Å². The number of allylic oxidation sites excluding steroid dienone is 1. The van der Waals surface area contributed by atoms with Crippen molar-refractivity contribution in [1.29, 1.82) is 0 Å². The number of carbonyl (C=O) groups is 3. The van der Waals surface area contributed by atoms with E-state index in [1.54, 1.807) is 51.1 Å². The van der Waals surface area contributed by atoms with Crippen LogP contribution >= 0.6 is 0 Å². The fourth-order valence-corrected chi connectivity index (χ4v) is 3.75. The lowest BCUT2D eigenvalue weighted by atomic mass is 10.1. The number of carbonyl (C=O) groups excluding carboxylic acids is 3. The van der Waals surface area contributed by atoms with Crippen molar-refractivity contribution in [2.24, 2.45) is 0 Å². The Labute approximate surface area is 234 Å². The summed E-state index contributed by atoms with van der Waals surface area (Å²) in [7, 11) is 0. The standard InChI is InChI=1S/C30H36N4O6/c1-30(2,3)40-29(37)31-20-26(28(36)33-38)32-27(35)25-14-12-23(13-15-25)7-5-4-6-22-8-10-24(11-9-22)21-34-16-18-39-19-17-34/h4,6,8-15,26,38H,16-21H2,1-3H3,(H,31,37)(H,32,35)(H,33,36)/b6-4-/t26-/m0/s1. The van der Waals surface area contributed by atoms with Gasteiger partial charge in [-0.15, -0.1) is 0 Å². The summed E-state index contributed by atoms with van der Waals surface area (Å²) in [6, 6.07) is 13.7. The molecule has 2 aromatic rings.